The summed E-state index contributed by atoms with van der Waals surface area (Å²) in [5.41, 5.74) is 9.88. The average Bonchev–Trinajstić information content (AvgIpc) is 3.35. The van der Waals surface area contributed by atoms with Crippen LogP contribution in [0.2, 0.25) is 0 Å². The third kappa shape index (κ3) is 6.25. The Morgan fingerprint density at radius 1 is 1.38 bits per heavy atom. The third-order valence-corrected chi connectivity index (χ3v) is 8.10. The van der Waals surface area contributed by atoms with E-state index in [9.17, 15) is 18.0 Å². The highest BCUT2D eigenvalue weighted by Crippen LogP contribution is 2.53. The largest absolute Gasteiger partial charge is 0.478 e. The maximum absolute atomic E-state index is 13.3. The summed E-state index contributed by atoms with van der Waals surface area (Å²) in [5, 5.41) is 0. The molecule has 2 fully saturated rings. The van der Waals surface area contributed by atoms with Gasteiger partial charge >= 0.3 is 12.0 Å². The second-order valence-corrected chi connectivity index (χ2v) is 11.6. The number of allylic oxidation sites excluding steroid dienone is 2. The molecule has 3 heterocycles. The molecule has 5 N–H and O–H groups in total. The van der Waals surface area contributed by atoms with E-state index in [0.717, 1.165) is 18.4 Å². The van der Waals surface area contributed by atoms with Crippen LogP contribution in [0, 0.1) is 11.3 Å². The van der Waals surface area contributed by atoms with Gasteiger partial charge in [-0.05, 0) is 63.1 Å². The van der Waals surface area contributed by atoms with Gasteiger partial charge in [-0.3, -0.25) is 15.3 Å². The number of ether oxygens (including phenoxy) is 1. The number of amides is 1. The van der Waals surface area contributed by atoms with Crippen LogP contribution in [0.5, 0.6) is 0 Å². The molecule has 0 bridgehead atoms. The number of pyridine rings is 1. The van der Waals surface area contributed by atoms with E-state index < -0.39 is 18.2 Å². The smallest absolute Gasteiger partial charge is 0.397 e. The number of hydrogen-bond acceptors (Lipinski definition) is 8. The highest BCUT2D eigenvalue weighted by molar-refractivity contribution is 8.02. The molecular formula is C26H33F3N7O2S+. The van der Waals surface area contributed by atoms with Crippen molar-refractivity contribution >= 4 is 47.8 Å². The molecule has 1 amide bonds. The number of aromatic nitrogens is 1. The van der Waals surface area contributed by atoms with Crippen LogP contribution in [0.25, 0.3) is 0 Å². The predicted octanol–water partition coefficient (Wildman–Crippen LogP) is 3.73. The standard InChI is InChI=1S/C26H32F3N7O2S/c1-16-13-24(2,3)36(14-16)22-17(23(37)35-39-18-7-11-33-21(18)31)5-6-20(34-22)32-12-8-19(30)38-15-25(9-4-10-25)26(27,28)29/h5-8,11-12,16,31H,4,9-10,13-15H2,1-3H3,(H3,30,32,34,35,37)/p+1. The molecule has 0 spiro atoms. The van der Waals surface area contributed by atoms with Crippen molar-refractivity contribution in [2.24, 2.45) is 27.8 Å². The number of anilines is 1. The number of rotatable bonds is 9. The Kier molecular flexibility index (Phi) is 8.04. The lowest BCUT2D eigenvalue weighted by Gasteiger charge is -2.42. The lowest BCUT2D eigenvalue weighted by Crippen LogP contribution is -2.47. The van der Waals surface area contributed by atoms with Crippen LogP contribution < -0.4 is 25.8 Å². The number of aliphatic imine (C=N–C) groups is 1. The summed E-state index contributed by atoms with van der Waals surface area (Å²) in [6, 6.07) is 3.23. The van der Waals surface area contributed by atoms with Gasteiger partial charge in [0.25, 0.3) is 5.91 Å². The van der Waals surface area contributed by atoms with Gasteiger partial charge in [-0.1, -0.05) is 13.3 Å². The molecule has 3 aliphatic rings. The van der Waals surface area contributed by atoms with Crippen molar-refractivity contribution < 1.29 is 22.7 Å². The van der Waals surface area contributed by atoms with E-state index in [-0.39, 0.29) is 30.2 Å². The SMILES string of the molecule is CC1CN(c2nc(N=CC=C(N)OCC3(C(F)(F)F)CCC3)ccc2C(=O)NSC2=CC=[N+]=C2N)C(C)(C)C1. The number of hydrogen-bond donors (Lipinski definition) is 3. The number of carbonyl (C=O) groups is 1. The Labute approximate surface area is 229 Å². The monoisotopic (exact) mass is 564 g/mol. The second kappa shape index (κ2) is 11.0. The first-order valence-electron chi connectivity index (χ1n) is 12.6. The summed E-state index contributed by atoms with van der Waals surface area (Å²) in [6.07, 6.45) is 3.05. The molecule has 1 atom stereocenters. The molecule has 2 aliphatic heterocycles. The number of amidine groups is 1. The third-order valence-electron chi connectivity index (χ3n) is 7.25. The fourth-order valence-electron chi connectivity index (χ4n) is 5.00. The van der Waals surface area contributed by atoms with Crippen molar-refractivity contribution in [3.8, 4) is 0 Å². The molecule has 1 aromatic rings. The zero-order valence-corrected chi connectivity index (χ0v) is 22.9. The van der Waals surface area contributed by atoms with E-state index in [4.69, 9.17) is 16.2 Å². The van der Waals surface area contributed by atoms with Crippen LogP contribution in [0.15, 0.2) is 40.1 Å². The van der Waals surface area contributed by atoms with Crippen molar-refractivity contribution in [3.05, 3.63) is 40.6 Å². The zero-order chi connectivity index (χ0) is 28.4. The number of nitrogens with two attached hydrogens (primary N) is 2. The molecule has 210 valence electrons. The molecule has 0 aromatic carbocycles. The van der Waals surface area contributed by atoms with E-state index in [1.807, 2.05) is 0 Å². The molecule has 1 saturated carbocycles. The van der Waals surface area contributed by atoms with Gasteiger partial charge in [-0.15, -0.1) is 0 Å². The highest BCUT2D eigenvalue weighted by atomic mass is 32.2. The average molecular weight is 565 g/mol. The van der Waals surface area contributed by atoms with E-state index in [2.05, 4.69) is 45.0 Å². The lowest BCUT2D eigenvalue weighted by molar-refractivity contribution is -0.263. The zero-order valence-electron chi connectivity index (χ0n) is 22.1. The molecule has 1 aliphatic carbocycles. The van der Waals surface area contributed by atoms with Crippen molar-refractivity contribution in [1.29, 1.82) is 0 Å². The molecule has 1 saturated heterocycles. The van der Waals surface area contributed by atoms with E-state index in [0.29, 0.717) is 46.8 Å². The maximum atomic E-state index is 13.3. The highest BCUT2D eigenvalue weighted by Gasteiger charge is 2.58. The van der Waals surface area contributed by atoms with Gasteiger partial charge in [0, 0.05) is 30.5 Å². The summed E-state index contributed by atoms with van der Waals surface area (Å²) in [7, 11) is 0. The van der Waals surface area contributed by atoms with E-state index >= 15 is 0 Å². The Morgan fingerprint density at radius 3 is 2.69 bits per heavy atom. The van der Waals surface area contributed by atoms with Gasteiger partial charge < -0.3 is 15.4 Å². The lowest BCUT2D eigenvalue weighted by atomic mass is 9.69. The minimum Gasteiger partial charge on any atom is -0.478 e. The van der Waals surface area contributed by atoms with Crippen molar-refractivity contribution in [2.75, 3.05) is 18.1 Å². The molecule has 39 heavy (non-hydrogen) atoms. The van der Waals surface area contributed by atoms with E-state index in [1.54, 1.807) is 24.4 Å². The van der Waals surface area contributed by atoms with Crippen LogP contribution in [0.1, 0.15) is 56.8 Å². The molecular weight excluding hydrogens is 531 g/mol. The normalized spacial score (nSPS) is 22.1. The van der Waals surface area contributed by atoms with Gasteiger partial charge in [-0.25, -0.2) is 14.6 Å². The van der Waals surface area contributed by atoms with Crippen molar-refractivity contribution in [1.82, 2.24) is 14.4 Å². The maximum Gasteiger partial charge on any atom is 0.397 e. The molecule has 1 unspecified atom stereocenters. The summed E-state index contributed by atoms with van der Waals surface area (Å²) in [5.74, 6) is 1.000. The van der Waals surface area contributed by atoms with Crippen LogP contribution in [0.3, 0.4) is 0 Å². The van der Waals surface area contributed by atoms with Crippen molar-refractivity contribution in [3.63, 3.8) is 0 Å². The molecule has 0 radical (unpaired) electrons. The van der Waals surface area contributed by atoms with Crippen LogP contribution >= 0.6 is 11.9 Å². The molecule has 13 heteroatoms. The quantitative estimate of drug-likeness (QED) is 0.180. The van der Waals surface area contributed by atoms with Crippen molar-refractivity contribution in [2.45, 2.75) is 58.2 Å². The first-order chi connectivity index (χ1) is 18.3. The molecule has 9 nitrogen and oxygen atoms in total. The van der Waals surface area contributed by atoms with E-state index in [1.165, 1.54) is 12.3 Å². The summed E-state index contributed by atoms with van der Waals surface area (Å²) in [4.78, 5) is 24.9. The van der Waals surface area contributed by atoms with Crippen LogP contribution in [-0.4, -0.2) is 54.0 Å². The first kappa shape index (κ1) is 28.6. The minimum absolute atomic E-state index is 0.0332. The number of nitrogens with one attached hydrogen (secondary N) is 1. The Morgan fingerprint density at radius 2 is 2.13 bits per heavy atom. The fraction of sp³-hybridized carbons (Fsp3) is 0.500. The molecule has 4 rings (SSSR count). The number of carbonyl (C=O) groups excluding carboxylic acids is 1. The molecule has 1 aromatic heterocycles. The Balaban J connectivity index is 1.50. The van der Waals surface area contributed by atoms with Gasteiger partial charge in [0.1, 0.15) is 22.7 Å². The van der Waals surface area contributed by atoms with Crippen LogP contribution in [0.4, 0.5) is 24.8 Å². The van der Waals surface area contributed by atoms with Gasteiger partial charge in [-0.2, -0.15) is 13.2 Å². The number of alkyl halides is 3. The number of nitrogens with zero attached hydrogens (tertiary/aromatic N) is 4. The van der Waals surface area contributed by atoms with Gasteiger partial charge in [0.2, 0.25) is 0 Å². The summed E-state index contributed by atoms with van der Waals surface area (Å²) in [6.45, 7) is 6.52. The summed E-state index contributed by atoms with van der Waals surface area (Å²) < 4.78 is 52.0. The first-order valence-corrected chi connectivity index (χ1v) is 13.5. The topological polar surface area (TPSA) is 133 Å². The van der Waals surface area contributed by atoms with Gasteiger partial charge in [0.05, 0.1) is 5.56 Å². The van der Waals surface area contributed by atoms with Crippen LogP contribution in [-0.2, 0) is 4.74 Å². The Bertz CT molecular complexity index is 1280. The predicted molar refractivity (Wildman–Crippen MR) is 149 cm³/mol. The minimum atomic E-state index is -4.33. The second-order valence-electron chi connectivity index (χ2n) is 10.8. The number of halogens is 3. The Hall–Kier alpha value is -3.44. The summed E-state index contributed by atoms with van der Waals surface area (Å²) >= 11 is 1.07. The fourth-order valence-corrected chi connectivity index (χ4v) is 5.60. The van der Waals surface area contributed by atoms with Gasteiger partial charge in [0.15, 0.2) is 17.9 Å².